The predicted octanol–water partition coefficient (Wildman–Crippen LogP) is 1.76. The summed E-state index contributed by atoms with van der Waals surface area (Å²) in [4.78, 5) is 24.3. The lowest BCUT2D eigenvalue weighted by Crippen LogP contribution is -2.34. The summed E-state index contributed by atoms with van der Waals surface area (Å²) in [6.07, 6.45) is 2.36. The van der Waals surface area contributed by atoms with E-state index >= 15 is 0 Å². The normalized spacial score (nSPS) is 10.6. The van der Waals surface area contributed by atoms with Gasteiger partial charge in [0.2, 0.25) is 5.91 Å². The first-order valence-electron chi connectivity index (χ1n) is 7.49. The first-order chi connectivity index (χ1) is 11.2. The highest BCUT2D eigenvalue weighted by molar-refractivity contribution is 5.81. The van der Waals surface area contributed by atoms with Gasteiger partial charge in [-0.2, -0.15) is 5.10 Å². The summed E-state index contributed by atoms with van der Waals surface area (Å²) in [5, 5.41) is 8.22. The first-order valence-corrected chi connectivity index (χ1v) is 7.49. The molecule has 2 aromatic carbocycles. The van der Waals surface area contributed by atoms with Gasteiger partial charge in [-0.15, -0.1) is 0 Å². The number of aromatic nitrogens is 2. The third-order valence-electron chi connectivity index (χ3n) is 3.63. The van der Waals surface area contributed by atoms with Crippen LogP contribution in [0.5, 0.6) is 0 Å². The summed E-state index contributed by atoms with van der Waals surface area (Å²) in [5.74, 6) is -0.217. The highest BCUT2D eigenvalue weighted by Gasteiger charge is 2.07. The Hall–Kier alpha value is -2.95. The van der Waals surface area contributed by atoms with Crippen LogP contribution in [0.3, 0.4) is 0 Å². The van der Waals surface area contributed by atoms with E-state index in [1.807, 2.05) is 42.5 Å². The maximum absolute atomic E-state index is 12.3. The Morgan fingerprint density at radius 1 is 1.04 bits per heavy atom. The van der Waals surface area contributed by atoms with Gasteiger partial charge in [0, 0.05) is 11.9 Å². The van der Waals surface area contributed by atoms with E-state index in [2.05, 4.69) is 10.4 Å². The molecule has 5 nitrogen and oxygen atoms in total. The molecule has 1 amide bonds. The van der Waals surface area contributed by atoms with Gasteiger partial charge in [-0.3, -0.25) is 9.59 Å². The molecule has 0 aliphatic carbocycles. The van der Waals surface area contributed by atoms with Crippen molar-refractivity contribution in [2.75, 3.05) is 6.54 Å². The maximum Gasteiger partial charge on any atom is 0.275 e. The molecule has 3 rings (SSSR count). The zero-order chi connectivity index (χ0) is 16.1. The van der Waals surface area contributed by atoms with Gasteiger partial charge in [0.15, 0.2) is 0 Å². The lowest BCUT2D eigenvalue weighted by molar-refractivity contribution is -0.121. The van der Waals surface area contributed by atoms with Crippen LogP contribution in [0.2, 0.25) is 0 Å². The zero-order valence-corrected chi connectivity index (χ0v) is 12.6. The number of hydrogen-bond donors (Lipinski definition) is 1. The number of carbonyl (C=O) groups excluding carboxylic acids is 1. The van der Waals surface area contributed by atoms with E-state index in [0.717, 1.165) is 17.4 Å². The molecule has 3 aromatic rings. The van der Waals surface area contributed by atoms with Crippen molar-refractivity contribution < 1.29 is 4.79 Å². The lowest BCUT2D eigenvalue weighted by atomic mass is 10.1. The van der Waals surface area contributed by atoms with E-state index in [4.69, 9.17) is 0 Å². The van der Waals surface area contributed by atoms with Crippen molar-refractivity contribution in [1.82, 2.24) is 15.1 Å². The van der Waals surface area contributed by atoms with Crippen molar-refractivity contribution in [3.8, 4) is 0 Å². The van der Waals surface area contributed by atoms with Crippen molar-refractivity contribution in [3.63, 3.8) is 0 Å². The number of hydrogen-bond acceptors (Lipinski definition) is 3. The van der Waals surface area contributed by atoms with Crippen LogP contribution in [0.1, 0.15) is 5.56 Å². The van der Waals surface area contributed by atoms with Gasteiger partial charge in [0.25, 0.3) is 5.56 Å². The molecule has 0 spiro atoms. The van der Waals surface area contributed by atoms with Crippen molar-refractivity contribution in [3.05, 3.63) is 76.7 Å². The minimum Gasteiger partial charge on any atom is -0.354 e. The Labute approximate surface area is 133 Å². The number of nitrogens with zero attached hydrogens (tertiary/aromatic N) is 2. The number of fused-ring (bicyclic) bond motifs is 1. The summed E-state index contributed by atoms with van der Waals surface area (Å²) in [6, 6.07) is 17.1. The molecule has 0 saturated carbocycles. The molecule has 0 unspecified atom stereocenters. The van der Waals surface area contributed by atoms with Gasteiger partial charge >= 0.3 is 0 Å². The lowest BCUT2D eigenvalue weighted by Gasteiger charge is -2.07. The number of benzene rings is 2. The van der Waals surface area contributed by atoms with E-state index < -0.39 is 0 Å². The van der Waals surface area contributed by atoms with E-state index in [0.29, 0.717) is 11.9 Å². The average Bonchev–Trinajstić information content (AvgIpc) is 2.59. The van der Waals surface area contributed by atoms with Crippen LogP contribution in [0.4, 0.5) is 0 Å². The number of nitrogens with one attached hydrogen (secondary N) is 1. The highest BCUT2D eigenvalue weighted by atomic mass is 16.2. The minimum atomic E-state index is -0.249. The van der Waals surface area contributed by atoms with E-state index in [1.165, 1.54) is 4.68 Å². The second-order valence-electron chi connectivity index (χ2n) is 5.28. The standard InChI is InChI=1S/C18H17N3O2/c22-17(19-11-10-14-6-2-1-3-7-14)13-21-18(23)16-9-5-4-8-15(16)12-20-21/h1-9,12H,10-11,13H2,(H,19,22). The molecule has 0 radical (unpaired) electrons. The molecule has 0 bridgehead atoms. The molecular formula is C18H17N3O2. The SMILES string of the molecule is O=C(Cn1ncc2ccccc2c1=O)NCCc1ccccc1. The Morgan fingerprint density at radius 3 is 2.61 bits per heavy atom. The first kappa shape index (κ1) is 15.0. The second-order valence-corrected chi connectivity index (χ2v) is 5.28. The highest BCUT2D eigenvalue weighted by Crippen LogP contribution is 2.06. The quantitative estimate of drug-likeness (QED) is 0.781. The van der Waals surface area contributed by atoms with Crippen molar-refractivity contribution >= 4 is 16.7 Å². The molecule has 116 valence electrons. The van der Waals surface area contributed by atoms with Crippen molar-refractivity contribution in [2.24, 2.45) is 0 Å². The van der Waals surface area contributed by atoms with Crippen LogP contribution < -0.4 is 10.9 Å². The Balaban J connectivity index is 1.62. The zero-order valence-electron chi connectivity index (χ0n) is 12.6. The van der Waals surface area contributed by atoms with Crippen LogP contribution in [0.25, 0.3) is 10.8 Å². The molecule has 1 N–H and O–H groups in total. The Morgan fingerprint density at radius 2 is 1.78 bits per heavy atom. The molecule has 1 heterocycles. The second kappa shape index (κ2) is 6.87. The van der Waals surface area contributed by atoms with Gasteiger partial charge in [0.05, 0.1) is 11.6 Å². The molecule has 0 fully saturated rings. The molecule has 0 aliphatic rings. The molecule has 5 heteroatoms. The fraction of sp³-hybridized carbons (Fsp3) is 0.167. The summed E-state index contributed by atoms with van der Waals surface area (Å²) in [6.45, 7) is 0.462. The van der Waals surface area contributed by atoms with Crippen LogP contribution in [-0.4, -0.2) is 22.2 Å². The predicted molar refractivity (Wildman–Crippen MR) is 89.2 cm³/mol. The average molecular weight is 307 g/mol. The largest absolute Gasteiger partial charge is 0.354 e. The molecule has 0 aliphatic heterocycles. The summed E-state index contributed by atoms with van der Waals surface area (Å²) < 4.78 is 1.19. The number of carbonyl (C=O) groups is 1. The number of amides is 1. The van der Waals surface area contributed by atoms with Gasteiger partial charge in [-0.1, -0.05) is 48.5 Å². The van der Waals surface area contributed by atoms with Gasteiger partial charge < -0.3 is 5.32 Å². The number of rotatable bonds is 5. The molecule has 1 aromatic heterocycles. The van der Waals surface area contributed by atoms with Crippen LogP contribution >= 0.6 is 0 Å². The maximum atomic E-state index is 12.3. The molecule has 0 saturated heterocycles. The van der Waals surface area contributed by atoms with E-state index in [-0.39, 0.29) is 18.0 Å². The third kappa shape index (κ3) is 3.63. The van der Waals surface area contributed by atoms with Crippen LogP contribution in [0.15, 0.2) is 65.6 Å². The molecule has 23 heavy (non-hydrogen) atoms. The van der Waals surface area contributed by atoms with E-state index in [1.54, 1.807) is 18.3 Å². The summed E-state index contributed by atoms with van der Waals surface area (Å²) in [7, 11) is 0. The Bertz CT molecular complexity index is 872. The fourth-order valence-corrected chi connectivity index (χ4v) is 2.42. The summed E-state index contributed by atoms with van der Waals surface area (Å²) >= 11 is 0. The van der Waals surface area contributed by atoms with Crippen LogP contribution in [-0.2, 0) is 17.8 Å². The van der Waals surface area contributed by atoms with Crippen LogP contribution in [0, 0.1) is 0 Å². The van der Waals surface area contributed by atoms with Gasteiger partial charge in [-0.05, 0) is 18.1 Å². The third-order valence-corrected chi connectivity index (χ3v) is 3.63. The van der Waals surface area contributed by atoms with E-state index in [9.17, 15) is 9.59 Å². The van der Waals surface area contributed by atoms with Gasteiger partial charge in [0.1, 0.15) is 6.54 Å². The monoisotopic (exact) mass is 307 g/mol. The van der Waals surface area contributed by atoms with Gasteiger partial charge in [-0.25, -0.2) is 4.68 Å². The van der Waals surface area contributed by atoms with Crippen molar-refractivity contribution in [1.29, 1.82) is 0 Å². The van der Waals surface area contributed by atoms with Crippen molar-refractivity contribution in [2.45, 2.75) is 13.0 Å². The molecular weight excluding hydrogens is 290 g/mol. The summed E-state index contributed by atoms with van der Waals surface area (Å²) in [5.41, 5.74) is 0.912. The molecule has 0 atom stereocenters. The smallest absolute Gasteiger partial charge is 0.275 e. The topological polar surface area (TPSA) is 64.0 Å². The fourth-order valence-electron chi connectivity index (χ4n) is 2.42. The Kier molecular flexibility index (Phi) is 4.47. The minimum absolute atomic E-state index is 0.0710.